The maximum Gasteiger partial charge on any atom is 0.291 e. The minimum Gasteiger partial charge on any atom is -0.459 e. The third-order valence-electron chi connectivity index (χ3n) is 5.22. The summed E-state index contributed by atoms with van der Waals surface area (Å²) in [5.74, 6) is -0.301. The van der Waals surface area contributed by atoms with E-state index in [1.807, 2.05) is 12.1 Å². The Balaban J connectivity index is 1.33. The van der Waals surface area contributed by atoms with Gasteiger partial charge in [-0.2, -0.15) is 0 Å². The van der Waals surface area contributed by atoms with Crippen LogP contribution in [-0.4, -0.2) is 35.2 Å². The number of piperidine rings is 1. The second kappa shape index (κ2) is 9.34. The lowest BCUT2D eigenvalue weighted by Crippen LogP contribution is -2.51. The van der Waals surface area contributed by atoms with Crippen molar-refractivity contribution in [2.24, 2.45) is 0 Å². The number of carbonyl (C=O) groups is 3. The first-order valence-corrected chi connectivity index (χ1v) is 10.2. The summed E-state index contributed by atoms with van der Waals surface area (Å²) in [7, 11) is 0. The van der Waals surface area contributed by atoms with Crippen molar-refractivity contribution < 1.29 is 23.2 Å². The van der Waals surface area contributed by atoms with Gasteiger partial charge in [-0.1, -0.05) is 12.1 Å². The van der Waals surface area contributed by atoms with Crippen LogP contribution in [0.3, 0.4) is 0 Å². The molecule has 3 aromatic rings. The number of nitrogens with one attached hydrogen (secondary N) is 2. The van der Waals surface area contributed by atoms with Crippen molar-refractivity contribution in [1.29, 1.82) is 0 Å². The zero-order chi connectivity index (χ0) is 21.6. The highest BCUT2D eigenvalue weighted by Crippen LogP contribution is 2.20. The zero-order valence-corrected chi connectivity index (χ0v) is 16.9. The summed E-state index contributed by atoms with van der Waals surface area (Å²) in [6.07, 6.45) is 5.27. The van der Waals surface area contributed by atoms with Crippen molar-refractivity contribution >= 4 is 23.4 Å². The van der Waals surface area contributed by atoms with Crippen molar-refractivity contribution in [1.82, 2.24) is 10.2 Å². The van der Waals surface area contributed by atoms with E-state index in [1.54, 1.807) is 41.3 Å². The number of furan rings is 2. The third kappa shape index (κ3) is 4.85. The Morgan fingerprint density at radius 3 is 2.32 bits per heavy atom. The van der Waals surface area contributed by atoms with E-state index < -0.39 is 6.04 Å². The molecule has 1 fully saturated rings. The lowest BCUT2D eigenvalue weighted by molar-refractivity contribution is -0.126. The van der Waals surface area contributed by atoms with Gasteiger partial charge < -0.3 is 24.4 Å². The van der Waals surface area contributed by atoms with Crippen LogP contribution >= 0.6 is 0 Å². The molecule has 3 amide bonds. The summed E-state index contributed by atoms with van der Waals surface area (Å²) in [4.78, 5) is 39.1. The molecular formula is C23H23N3O5. The lowest BCUT2D eigenvalue weighted by atomic mass is 10.0. The first-order valence-electron chi connectivity index (χ1n) is 10.2. The summed E-state index contributed by atoms with van der Waals surface area (Å²) >= 11 is 0. The fourth-order valence-corrected chi connectivity index (χ4v) is 3.60. The Hall–Kier alpha value is -3.81. The minimum atomic E-state index is -0.516. The van der Waals surface area contributed by atoms with Crippen LogP contribution in [0.4, 0.5) is 5.69 Å². The molecule has 0 bridgehead atoms. The van der Waals surface area contributed by atoms with Crippen LogP contribution in [0.25, 0.3) is 0 Å². The van der Waals surface area contributed by atoms with E-state index in [0.29, 0.717) is 25.2 Å². The molecule has 1 atom stereocenters. The first kappa shape index (κ1) is 20.5. The number of hydrogen-bond donors (Lipinski definition) is 2. The number of nitrogens with zero attached hydrogens (tertiary/aromatic N) is 1. The molecule has 4 rings (SSSR count). The lowest BCUT2D eigenvalue weighted by Gasteiger charge is -2.34. The molecule has 0 spiro atoms. The van der Waals surface area contributed by atoms with Crippen molar-refractivity contribution in [3.05, 3.63) is 78.1 Å². The van der Waals surface area contributed by atoms with E-state index in [-0.39, 0.29) is 29.2 Å². The summed E-state index contributed by atoms with van der Waals surface area (Å²) in [6, 6.07) is 13.2. The average molecular weight is 421 g/mol. The predicted molar refractivity (Wildman–Crippen MR) is 112 cm³/mol. The van der Waals surface area contributed by atoms with Crippen molar-refractivity contribution in [2.45, 2.75) is 31.8 Å². The van der Waals surface area contributed by atoms with Crippen LogP contribution < -0.4 is 10.6 Å². The molecule has 1 saturated heterocycles. The molecule has 1 unspecified atom stereocenters. The second-order valence-electron chi connectivity index (χ2n) is 7.33. The predicted octanol–water partition coefficient (Wildman–Crippen LogP) is 3.44. The molecule has 8 nitrogen and oxygen atoms in total. The fourth-order valence-electron chi connectivity index (χ4n) is 3.60. The quantitative estimate of drug-likeness (QED) is 0.634. The normalized spacial score (nSPS) is 16.0. The van der Waals surface area contributed by atoms with Gasteiger partial charge in [0.25, 0.3) is 11.8 Å². The van der Waals surface area contributed by atoms with Gasteiger partial charge in [-0.15, -0.1) is 0 Å². The molecule has 1 aliphatic heterocycles. The molecule has 0 saturated carbocycles. The van der Waals surface area contributed by atoms with E-state index in [4.69, 9.17) is 8.83 Å². The van der Waals surface area contributed by atoms with Gasteiger partial charge in [0.2, 0.25) is 5.91 Å². The molecule has 31 heavy (non-hydrogen) atoms. The standard InChI is InChI=1S/C23H23N3O5/c27-21(18-5-1-2-12-26(18)23(29)20-7-4-14-31-20)24-15-16-8-10-17(11-9-16)25-22(28)19-6-3-13-30-19/h3-4,6-11,13-14,18H,1-2,5,12,15H2,(H,24,27)(H,25,28). The van der Waals surface area contributed by atoms with Crippen molar-refractivity contribution in [3.63, 3.8) is 0 Å². The Morgan fingerprint density at radius 2 is 1.65 bits per heavy atom. The molecule has 1 aromatic carbocycles. The van der Waals surface area contributed by atoms with E-state index in [0.717, 1.165) is 18.4 Å². The van der Waals surface area contributed by atoms with E-state index >= 15 is 0 Å². The van der Waals surface area contributed by atoms with Crippen LogP contribution in [0.2, 0.25) is 0 Å². The van der Waals surface area contributed by atoms with Crippen molar-refractivity contribution in [3.8, 4) is 0 Å². The summed E-state index contributed by atoms with van der Waals surface area (Å²) in [5, 5.41) is 5.66. The van der Waals surface area contributed by atoms with Gasteiger partial charge in [-0.05, 0) is 61.2 Å². The minimum absolute atomic E-state index is 0.185. The van der Waals surface area contributed by atoms with Crippen LogP contribution in [0.15, 0.2) is 69.9 Å². The van der Waals surface area contributed by atoms with E-state index in [2.05, 4.69) is 10.6 Å². The Kier molecular flexibility index (Phi) is 6.16. The largest absolute Gasteiger partial charge is 0.459 e. The summed E-state index contributed by atoms with van der Waals surface area (Å²) in [5.41, 5.74) is 1.50. The average Bonchev–Trinajstić information content (AvgIpc) is 3.52. The Bertz CT molecular complexity index is 1030. The highest BCUT2D eigenvalue weighted by Gasteiger charge is 2.33. The Morgan fingerprint density at radius 1 is 0.935 bits per heavy atom. The highest BCUT2D eigenvalue weighted by molar-refractivity contribution is 6.02. The number of hydrogen-bond acceptors (Lipinski definition) is 5. The van der Waals surface area contributed by atoms with E-state index in [1.165, 1.54) is 12.5 Å². The molecule has 1 aliphatic rings. The zero-order valence-electron chi connectivity index (χ0n) is 16.9. The Labute approximate surface area is 179 Å². The van der Waals surface area contributed by atoms with Gasteiger partial charge in [-0.3, -0.25) is 14.4 Å². The molecule has 3 heterocycles. The van der Waals surface area contributed by atoms with Gasteiger partial charge in [0.1, 0.15) is 6.04 Å². The van der Waals surface area contributed by atoms with Gasteiger partial charge in [0.05, 0.1) is 12.5 Å². The summed E-state index contributed by atoms with van der Waals surface area (Å²) in [6.45, 7) is 0.853. The van der Waals surface area contributed by atoms with Gasteiger partial charge in [0.15, 0.2) is 11.5 Å². The van der Waals surface area contributed by atoms with Crippen LogP contribution in [0.5, 0.6) is 0 Å². The summed E-state index contributed by atoms with van der Waals surface area (Å²) < 4.78 is 10.3. The highest BCUT2D eigenvalue weighted by atomic mass is 16.3. The topological polar surface area (TPSA) is 105 Å². The number of anilines is 1. The van der Waals surface area contributed by atoms with E-state index in [9.17, 15) is 14.4 Å². The van der Waals surface area contributed by atoms with Crippen LogP contribution in [-0.2, 0) is 11.3 Å². The molecule has 0 aliphatic carbocycles. The maximum atomic E-state index is 12.8. The first-order chi connectivity index (χ1) is 15.1. The third-order valence-corrected chi connectivity index (χ3v) is 5.22. The number of likely N-dealkylation sites (tertiary alicyclic amines) is 1. The molecule has 2 aromatic heterocycles. The smallest absolute Gasteiger partial charge is 0.291 e. The molecule has 0 radical (unpaired) electrons. The monoisotopic (exact) mass is 421 g/mol. The molecule has 160 valence electrons. The second-order valence-corrected chi connectivity index (χ2v) is 7.33. The van der Waals surface area contributed by atoms with Crippen LogP contribution in [0.1, 0.15) is 45.9 Å². The van der Waals surface area contributed by atoms with Gasteiger partial charge >= 0.3 is 0 Å². The van der Waals surface area contributed by atoms with Crippen LogP contribution in [0, 0.1) is 0 Å². The van der Waals surface area contributed by atoms with Gasteiger partial charge in [0, 0.05) is 18.8 Å². The molecule has 2 N–H and O–H groups in total. The molecule has 8 heteroatoms. The van der Waals surface area contributed by atoms with Gasteiger partial charge in [-0.25, -0.2) is 0 Å². The molecular weight excluding hydrogens is 398 g/mol. The number of amides is 3. The maximum absolute atomic E-state index is 12.8. The SMILES string of the molecule is O=C(Nc1ccc(CNC(=O)C2CCCCN2C(=O)c2ccco2)cc1)c1ccco1. The van der Waals surface area contributed by atoms with Crippen molar-refractivity contribution in [2.75, 3.05) is 11.9 Å². The number of rotatable bonds is 6. The fraction of sp³-hybridized carbons (Fsp3) is 0.261. The number of benzene rings is 1. The number of carbonyl (C=O) groups excluding carboxylic acids is 3.